The minimum atomic E-state index is -0.501. The van der Waals surface area contributed by atoms with Gasteiger partial charge in [-0.1, -0.05) is 0 Å². The Balaban J connectivity index is 1.94. The molecule has 0 N–H and O–H groups in total. The zero-order valence-corrected chi connectivity index (χ0v) is 11.0. The Bertz CT molecular complexity index is 666. The van der Waals surface area contributed by atoms with Crippen molar-refractivity contribution in [3.05, 3.63) is 30.4 Å². The van der Waals surface area contributed by atoms with Gasteiger partial charge in [0.15, 0.2) is 0 Å². The predicted octanol–water partition coefficient (Wildman–Crippen LogP) is 0.507. The first-order valence-corrected chi connectivity index (χ1v) is 6.38. The van der Waals surface area contributed by atoms with Crippen molar-refractivity contribution in [3.8, 4) is 0 Å². The van der Waals surface area contributed by atoms with Crippen LogP contribution in [0.1, 0.15) is 23.2 Å². The Kier molecular flexibility index (Phi) is 3.09. The van der Waals surface area contributed by atoms with Crippen molar-refractivity contribution < 1.29 is 14.3 Å². The number of hydrogen-bond donors (Lipinski definition) is 0. The highest BCUT2D eigenvalue weighted by Gasteiger charge is 2.36. The molecular weight excluding hydrogens is 260 g/mol. The van der Waals surface area contributed by atoms with E-state index in [4.69, 9.17) is 4.74 Å². The van der Waals surface area contributed by atoms with Crippen LogP contribution >= 0.6 is 0 Å². The number of carbonyl (C=O) groups excluding carboxylic acids is 2. The zero-order valence-electron chi connectivity index (χ0n) is 11.0. The van der Waals surface area contributed by atoms with Gasteiger partial charge < -0.3 is 9.64 Å². The Hall–Kier alpha value is -2.44. The average Bonchev–Trinajstić information content (AvgIpc) is 3.12. The molecule has 3 heterocycles. The second kappa shape index (κ2) is 4.92. The second-order valence-corrected chi connectivity index (χ2v) is 4.64. The summed E-state index contributed by atoms with van der Waals surface area (Å²) in [7, 11) is 1.34. The van der Waals surface area contributed by atoms with E-state index in [1.807, 2.05) is 0 Å². The van der Waals surface area contributed by atoms with Gasteiger partial charge in [-0.15, -0.1) is 0 Å². The topological polar surface area (TPSA) is 76.8 Å². The maximum atomic E-state index is 12.6. The number of likely N-dealkylation sites (tertiary alicyclic amines) is 1. The van der Waals surface area contributed by atoms with Gasteiger partial charge in [0.2, 0.25) is 0 Å². The van der Waals surface area contributed by atoms with Crippen LogP contribution in [0.15, 0.2) is 24.8 Å². The summed E-state index contributed by atoms with van der Waals surface area (Å²) < 4.78 is 6.34. The normalized spacial score (nSPS) is 18.4. The molecule has 2 aromatic rings. The summed E-state index contributed by atoms with van der Waals surface area (Å²) in [4.78, 5) is 29.9. The number of aromatic nitrogens is 3. The van der Waals surface area contributed by atoms with Crippen LogP contribution in [0.4, 0.5) is 0 Å². The number of hydrogen-bond acceptors (Lipinski definition) is 5. The molecular formula is C13H14N4O3. The van der Waals surface area contributed by atoms with Gasteiger partial charge in [0.05, 0.1) is 30.6 Å². The van der Waals surface area contributed by atoms with Crippen molar-refractivity contribution in [2.24, 2.45) is 0 Å². The molecule has 3 rings (SSSR count). The van der Waals surface area contributed by atoms with E-state index in [0.717, 1.165) is 6.42 Å². The molecule has 0 radical (unpaired) electrons. The van der Waals surface area contributed by atoms with Crippen LogP contribution in [0.5, 0.6) is 0 Å². The van der Waals surface area contributed by atoms with E-state index < -0.39 is 6.04 Å². The minimum absolute atomic E-state index is 0.207. The number of methoxy groups -OCH3 is 1. The molecule has 20 heavy (non-hydrogen) atoms. The molecule has 0 aromatic carbocycles. The lowest BCUT2D eigenvalue weighted by molar-refractivity contribution is -0.145. The minimum Gasteiger partial charge on any atom is -0.467 e. The van der Waals surface area contributed by atoms with E-state index in [-0.39, 0.29) is 11.9 Å². The third kappa shape index (κ3) is 1.91. The average molecular weight is 274 g/mol. The standard InChI is InChI=1S/C13H14N4O3/c1-20-13(19)10-3-2-5-16(10)12(18)9-7-15-17-6-4-14-8-11(9)17/h4,6-8,10H,2-3,5H2,1H3. The van der Waals surface area contributed by atoms with Crippen molar-refractivity contribution in [1.82, 2.24) is 19.5 Å². The van der Waals surface area contributed by atoms with Crippen LogP contribution in [-0.2, 0) is 9.53 Å². The van der Waals surface area contributed by atoms with Crippen LogP contribution < -0.4 is 0 Å². The van der Waals surface area contributed by atoms with Gasteiger partial charge >= 0.3 is 5.97 Å². The van der Waals surface area contributed by atoms with Crippen molar-refractivity contribution in [3.63, 3.8) is 0 Å². The number of ether oxygens (including phenoxy) is 1. The van der Waals surface area contributed by atoms with E-state index in [1.54, 1.807) is 28.0 Å². The molecule has 1 saturated heterocycles. The zero-order chi connectivity index (χ0) is 14.1. The van der Waals surface area contributed by atoms with E-state index in [0.29, 0.717) is 24.0 Å². The fourth-order valence-corrected chi connectivity index (χ4v) is 2.54. The number of fused-ring (bicyclic) bond motifs is 1. The van der Waals surface area contributed by atoms with Gasteiger partial charge in [-0.05, 0) is 12.8 Å². The number of nitrogens with zero attached hydrogens (tertiary/aromatic N) is 4. The van der Waals surface area contributed by atoms with Crippen LogP contribution in [0.3, 0.4) is 0 Å². The molecule has 7 nitrogen and oxygen atoms in total. The number of amides is 1. The largest absolute Gasteiger partial charge is 0.467 e. The third-order valence-electron chi connectivity index (χ3n) is 3.54. The van der Waals surface area contributed by atoms with Gasteiger partial charge in [0, 0.05) is 18.9 Å². The molecule has 0 spiro atoms. The monoisotopic (exact) mass is 274 g/mol. The molecule has 7 heteroatoms. The van der Waals surface area contributed by atoms with Gasteiger partial charge in [-0.3, -0.25) is 9.78 Å². The highest BCUT2D eigenvalue weighted by molar-refractivity contribution is 6.02. The van der Waals surface area contributed by atoms with E-state index >= 15 is 0 Å². The van der Waals surface area contributed by atoms with Crippen molar-refractivity contribution in [2.45, 2.75) is 18.9 Å². The fraction of sp³-hybridized carbons (Fsp3) is 0.385. The third-order valence-corrected chi connectivity index (χ3v) is 3.54. The van der Waals surface area contributed by atoms with Gasteiger partial charge in [-0.25, -0.2) is 9.31 Å². The highest BCUT2D eigenvalue weighted by atomic mass is 16.5. The summed E-state index contributed by atoms with van der Waals surface area (Å²) in [5.41, 5.74) is 1.09. The first kappa shape index (κ1) is 12.6. The lowest BCUT2D eigenvalue weighted by atomic mass is 10.2. The predicted molar refractivity (Wildman–Crippen MR) is 69.1 cm³/mol. The summed E-state index contributed by atoms with van der Waals surface area (Å²) in [5.74, 6) is -0.577. The molecule has 1 unspecified atom stereocenters. The molecule has 0 bridgehead atoms. The van der Waals surface area contributed by atoms with E-state index in [2.05, 4.69) is 10.1 Å². The van der Waals surface area contributed by atoms with E-state index in [9.17, 15) is 9.59 Å². The summed E-state index contributed by atoms with van der Waals surface area (Å²) in [6.45, 7) is 0.552. The molecule has 1 amide bonds. The summed E-state index contributed by atoms with van der Waals surface area (Å²) >= 11 is 0. The molecule has 0 aliphatic carbocycles. The number of esters is 1. The molecule has 1 aliphatic heterocycles. The van der Waals surface area contributed by atoms with Crippen LogP contribution in [0.2, 0.25) is 0 Å². The number of carbonyl (C=O) groups is 2. The van der Waals surface area contributed by atoms with Crippen molar-refractivity contribution in [2.75, 3.05) is 13.7 Å². The lowest BCUT2D eigenvalue weighted by Gasteiger charge is -2.22. The first-order chi connectivity index (χ1) is 9.72. The van der Waals surface area contributed by atoms with Gasteiger partial charge in [0.25, 0.3) is 5.91 Å². The Morgan fingerprint density at radius 1 is 1.40 bits per heavy atom. The van der Waals surface area contributed by atoms with Gasteiger partial charge in [0.1, 0.15) is 6.04 Å². The summed E-state index contributed by atoms with van der Waals surface area (Å²) in [6, 6.07) is -0.501. The Morgan fingerprint density at radius 2 is 2.25 bits per heavy atom. The van der Waals surface area contributed by atoms with Crippen molar-refractivity contribution in [1.29, 1.82) is 0 Å². The second-order valence-electron chi connectivity index (χ2n) is 4.64. The smallest absolute Gasteiger partial charge is 0.328 e. The maximum Gasteiger partial charge on any atom is 0.328 e. The Morgan fingerprint density at radius 3 is 3.05 bits per heavy atom. The van der Waals surface area contributed by atoms with E-state index in [1.165, 1.54) is 13.3 Å². The molecule has 1 atom stereocenters. The van der Waals surface area contributed by atoms with Crippen LogP contribution in [0.25, 0.3) is 5.52 Å². The Labute approximate surface area is 115 Å². The van der Waals surface area contributed by atoms with Gasteiger partial charge in [-0.2, -0.15) is 5.10 Å². The highest BCUT2D eigenvalue weighted by Crippen LogP contribution is 2.22. The maximum absolute atomic E-state index is 12.6. The van der Waals surface area contributed by atoms with Crippen LogP contribution in [-0.4, -0.2) is 51.1 Å². The quantitative estimate of drug-likeness (QED) is 0.746. The lowest BCUT2D eigenvalue weighted by Crippen LogP contribution is -2.41. The molecule has 1 aliphatic rings. The first-order valence-electron chi connectivity index (χ1n) is 6.38. The van der Waals surface area contributed by atoms with Crippen molar-refractivity contribution >= 4 is 17.4 Å². The SMILES string of the molecule is COC(=O)C1CCCN1C(=O)c1cnn2ccncc12. The summed E-state index contributed by atoms with van der Waals surface area (Å²) in [6.07, 6.45) is 7.80. The molecule has 0 saturated carbocycles. The summed E-state index contributed by atoms with van der Waals surface area (Å²) in [5, 5.41) is 4.11. The number of rotatable bonds is 2. The molecule has 104 valence electrons. The van der Waals surface area contributed by atoms with Crippen LogP contribution in [0, 0.1) is 0 Å². The molecule has 1 fully saturated rings. The fourth-order valence-electron chi connectivity index (χ4n) is 2.54. The molecule has 2 aromatic heterocycles.